The summed E-state index contributed by atoms with van der Waals surface area (Å²) in [5.41, 5.74) is 0.526. The van der Waals surface area contributed by atoms with E-state index in [-0.39, 0.29) is 30.1 Å². The molecule has 23 heavy (non-hydrogen) atoms. The number of aryl methyl sites for hydroxylation is 1. The molecule has 7 heteroatoms. The van der Waals surface area contributed by atoms with Crippen LogP contribution in [-0.2, 0) is 4.79 Å². The molecule has 1 heterocycles. The van der Waals surface area contributed by atoms with Crippen molar-refractivity contribution in [2.45, 2.75) is 46.1 Å². The molecule has 0 spiro atoms. The Balaban J connectivity index is 1.93. The van der Waals surface area contributed by atoms with Gasteiger partial charge < -0.3 is 20.2 Å². The van der Waals surface area contributed by atoms with Gasteiger partial charge in [-0.05, 0) is 40.3 Å². The smallest absolute Gasteiger partial charge is 0.406 e. The SMILES string of the molecule is Cc1ccc(OCC(=O)N[C@@H]2CCC[C@@H](C)[C@H]2C)c([N+](=O)[O-])n1. The molecule has 0 aromatic carbocycles. The van der Waals surface area contributed by atoms with Crippen molar-refractivity contribution in [3.05, 3.63) is 27.9 Å². The molecule has 1 N–H and O–H groups in total. The molecule has 1 fully saturated rings. The van der Waals surface area contributed by atoms with Gasteiger partial charge in [-0.25, -0.2) is 0 Å². The highest BCUT2D eigenvalue weighted by Gasteiger charge is 2.28. The van der Waals surface area contributed by atoms with Crippen molar-refractivity contribution in [2.24, 2.45) is 11.8 Å². The Labute approximate surface area is 135 Å². The van der Waals surface area contributed by atoms with Gasteiger partial charge in [-0.15, -0.1) is 0 Å². The first-order valence-electron chi connectivity index (χ1n) is 7.92. The largest absolute Gasteiger partial charge is 0.476 e. The number of hydrogen-bond acceptors (Lipinski definition) is 5. The van der Waals surface area contributed by atoms with E-state index in [1.807, 2.05) is 0 Å². The molecular formula is C16H23N3O4. The van der Waals surface area contributed by atoms with Crippen LogP contribution in [0.5, 0.6) is 5.75 Å². The third-order valence-electron chi connectivity index (χ3n) is 4.56. The van der Waals surface area contributed by atoms with E-state index in [2.05, 4.69) is 24.1 Å². The van der Waals surface area contributed by atoms with Gasteiger partial charge in [0.1, 0.15) is 5.69 Å². The highest BCUT2D eigenvalue weighted by atomic mass is 16.6. The molecule has 1 aliphatic carbocycles. The molecule has 0 radical (unpaired) electrons. The first-order valence-corrected chi connectivity index (χ1v) is 7.92. The van der Waals surface area contributed by atoms with Gasteiger partial charge in [0.25, 0.3) is 5.91 Å². The van der Waals surface area contributed by atoms with Gasteiger partial charge in [0.05, 0.1) is 0 Å². The molecule has 0 saturated heterocycles. The van der Waals surface area contributed by atoms with Crippen molar-refractivity contribution >= 4 is 11.7 Å². The Kier molecular flexibility index (Phi) is 5.52. The number of carbonyl (C=O) groups is 1. The van der Waals surface area contributed by atoms with Crippen LogP contribution >= 0.6 is 0 Å². The zero-order valence-electron chi connectivity index (χ0n) is 13.7. The maximum absolute atomic E-state index is 12.1. The normalized spacial score (nSPS) is 24.0. The average molecular weight is 321 g/mol. The van der Waals surface area contributed by atoms with Gasteiger partial charge in [0.2, 0.25) is 5.75 Å². The van der Waals surface area contributed by atoms with Gasteiger partial charge in [0.15, 0.2) is 6.61 Å². The number of hydrogen-bond donors (Lipinski definition) is 1. The van der Waals surface area contributed by atoms with Crippen molar-refractivity contribution in [1.29, 1.82) is 0 Å². The van der Waals surface area contributed by atoms with Gasteiger partial charge in [-0.2, -0.15) is 0 Å². The fourth-order valence-corrected chi connectivity index (χ4v) is 2.95. The number of nitro groups is 1. The fourth-order valence-electron chi connectivity index (χ4n) is 2.95. The maximum atomic E-state index is 12.1. The van der Waals surface area contributed by atoms with Crippen molar-refractivity contribution in [1.82, 2.24) is 10.3 Å². The van der Waals surface area contributed by atoms with Crippen LogP contribution in [0.1, 0.15) is 38.8 Å². The summed E-state index contributed by atoms with van der Waals surface area (Å²) in [6, 6.07) is 3.23. The van der Waals surface area contributed by atoms with Crippen LogP contribution in [0.2, 0.25) is 0 Å². The quantitative estimate of drug-likeness (QED) is 0.664. The zero-order chi connectivity index (χ0) is 17.0. The Morgan fingerprint density at radius 2 is 2.17 bits per heavy atom. The number of nitrogens with one attached hydrogen (secondary N) is 1. The van der Waals surface area contributed by atoms with Crippen LogP contribution in [0.3, 0.4) is 0 Å². The van der Waals surface area contributed by atoms with Crippen LogP contribution in [-0.4, -0.2) is 28.5 Å². The van der Waals surface area contributed by atoms with E-state index in [0.717, 1.165) is 12.8 Å². The predicted octanol–water partition coefficient (Wildman–Crippen LogP) is 2.62. The maximum Gasteiger partial charge on any atom is 0.406 e. The number of rotatable bonds is 5. The Hall–Kier alpha value is -2.18. The lowest BCUT2D eigenvalue weighted by atomic mass is 9.78. The standard InChI is InChI=1S/C16H23N3O4/c1-10-5-4-6-13(12(10)3)18-15(20)9-23-14-8-7-11(2)17-16(14)19(21)22/h7-8,10,12-13H,4-6,9H2,1-3H3,(H,18,20)/t10-,12-,13-/m1/s1. The number of ether oxygens (including phenoxy) is 1. The predicted molar refractivity (Wildman–Crippen MR) is 85.2 cm³/mol. The summed E-state index contributed by atoms with van der Waals surface area (Å²) in [4.78, 5) is 26.3. The minimum atomic E-state index is -0.606. The second-order valence-corrected chi connectivity index (χ2v) is 6.26. The van der Waals surface area contributed by atoms with E-state index >= 15 is 0 Å². The summed E-state index contributed by atoms with van der Waals surface area (Å²) in [5, 5.41) is 14.0. The lowest BCUT2D eigenvalue weighted by molar-refractivity contribution is -0.390. The molecule has 2 rings (SSSR count). The molecule has 1 aromatic rings. The van der Waals surface area contributed by atoms with Crippen LogP contribution in [0.4, 0.5) is 5.82 Å². The molecule has 1 saturated carbocycles. The molecule has 126 valence electrons. The third-order valence-corrected chi connectivity index (χ3v) is 4.56. The Morgan fingerprint density at radius 1 is 1.43 bits per heavy atom. The summed E-state index contributed by atoms with van der Waals surface area (Å²) >= 11 is 0. The van der Waals surface area contributed by atoms with Gasteiger partial charge in [0, 0.05) is 13.0 Å². The fraction of sp³-hybridized carbons (Fsp3) is 0.625. The van der Waals surface area contributed by atoms with E-state index in [1.165, 1.54) is 12.5 Å². The summed E-state index contributed by atoms with van der Waals surface area (Å²) in [6.07, 6.45) is 3.25. The second kappa shape index (κ2) is 7.39. The molecular weight excluding hydrogens is 298 g/mol. The van der Waals surface area contributed by atoms with Crippen molar-refractivity contribution in [2.75, 3.05) is 6.61 Å². The minimum absolute atomic E-state index is 0.0146. The van der Waals surface area contributed by atoms with Crippen LogP contribution < -0.4 is 10.1 Å². The molecule has 0 unspecified atom stereocenters. The summed E-state index contributed by atoms with van der Waals surface area (Å²) < 4.78 is 5.30. The number of aromatic nitrogens is 1. The molecule has 1 amide bonds. The van der Waals surface area contributed by atoms with Crippen LogP contribution in [0.25, 0.3) is 0 Å². The van der Waals surface area contributed by atoms with Crippen molar-refractivity contribution in [3.8, 4) is 5.75 Å². The summed E-state index contributed by atoms with van der Waals surface area (Å²) in [5.74, 6) is 0.393. The lowest BCUT2D eigenvalue weighted by Gasteiger charge is -2.34. The topological polar surface area (TPSA) is 94.4 Å². The van der Waals surface area contributed by atoms with Gasteiger partial charge >= 0.3 is 5.82 Å². The second-order valence-electron chi connectivity index (χ2n) is 6.26. The highest BCUT2D eigenvalue weighted by molar-refractivity contribution is 5.78. The molecule has 3 atom stereocenters. The number of pyridine rings is 1. The first-order chi connectivity index (χ1) is 10.9. The van der Waals surface area contributed by atoms with E-state index in [0.29, 0.717) is 17.5 Å². The third kappa shape index (κ3) is 4.40. The summed E-state index contributed by atoms with van der Waals surface area (Å²) in [6.45, 7) is 5.75. The summed E-state index contributed by atoms with van der Waals surface area (Å²) in [7, 11) is 0. The van der Waals surface area contributed by atoms with Crippen molar-refractivity contribution in [3.63, 3.8) is 0 Å². The molecule has 0 aliphatic heterocycles. The molecule has 1 aromatic heterocycles. The first kappa shape index (κ1) is 17.2. The highest BCUT2D eigenvalue weighted by Crippen LogP contribution is 2.29. The lowest BCUT2D eigenvalue weighted by Crippen LogP contribution is -2.45. The number of amides is 1. The van der Waals surface area contributed by atoms with Gasteiger partial charge in [-0.1, -0.05) is 26.7 Å². The van der Waals surface area contributed by atoms with E-state index in [9.17, 15) is 14.9 Å². The van der Waals surface area contributed by atoms with E-state index in [4.69, 9.17) is 4.74 Å². The van der Waals surface area contributed by atoms with E-state index < -0.39 is 4.92 Å². The van der Waals surface area contributed by atoms with E-state index in [1.54, 1.807) is 13.0 Å². The number of carbonyl (C=O) groups excluding carboxylic acids is 1. The van der Waals surface area contributed by atoms with Gasteiger partial charge in [-0.3, -0.25) is 4.79 Å². The molecule has 7 nitrogen and oxygen atoms in total. The zero-order valence-corrected chi connectivity index (χ0v) is 13.7. The Bertz CT molecular complexity index is 591. The van der Waals surface area contributed by atoms with Crippen LogP contribution in [0, 0.1) is 28.9 Å². The monoisotopic (exact) mass is 321 g/mol. The van der Waals surface area contributed by atoms with Crippen molar-refractivity contribution < 1.29 is 14.5 Å². The molecule has 1 aliphatic rings. The minimum Gasteiger partial charge on any atom is -0.476 e. The average Bonchev–Trinajstić information content (AvgIpc) is 2.50. The number of nitrogens with zero attached hydrogens (tertiary/aromatic N) is 2. The van der Waals surface area contributed by atoms with Crippen LogP contribution in [0.15, 0.2) is 12.1 Å². The molecule has 0 bridgehead atoms. The Morgan fingerprint density at radius 3 is 2.87 bits per heavy atom.